The molecule has 0 aliphatic carbocycles. The highest BCUT2D eigenvalue weighted by Gasteiger charge is 1.97. The van der Waals surface area contributed by atoms with Crippen molar-refractivity contribution in [2.45, 2.75) is 259 Å². The molecule has 0 radical (unpaired) electrons. The fourth-order valence-corrected chi connectivity index (χ4v) is 5.42. The number of aliphatic hydroxyl groups is 2. The van der Waals surface area contributed by atoms with Crippen LogP contribution in [0.4, 0.5) is 0 Å². The molecule has 0 aromatic heterocycles. The summed E-state index contributed by atoms with van der Waals surface area (Å²) in [5, 5.41) is 18.2. The van der Waals surface area contributed by atoms with Crippen LogP contribution in [0.2, 0.25) is 0 Å². The summed E-state index contributed by atoms with van der Waals surface area (Å²) in [6, 6.07) is 0. The smallest absolute Gasteiger partial charge is 0.0512 e. The van der Waals surface area contributed by atoms with Crippen LogP contribution in [0.15, 0.2) is 0 Å². The molecule has 0 fully saturated rings. The van der Waals surface area contributed by atoms with Crippen molar-refractivity contribution in [3.63, 3.8) is 0 Å². The zero-order valence-electron chi connectivity index (χ0n) is 30.7. The van der Waals surface area contributed by atoms with Gasteiger partial charge >= 0.3 is 0 Å². The highest BCUT2D eigenvalue weighted by molar-refractivity contribution is 4.52. The molecule has 2 unspecified atom stereocenters. The Balaban J connectivity index is -0.000000560. The van der Waals surface area contributed by atoms with Gasteiger partial charge in [-0.3, -0.25) is 0 Å². The summed E-state index contributed by atoms with van der Waals surface area (Å²) >= 11 is 0. The molecule has 2 nitrogen and oxygen atoms in total. The summed E-state index contributed by atoms with van der Waals surface area (Å²) < 4.78 is 0. The van der Waals surface area contributed by atoms with Crippen molar-refractivity contribution in [1.29, 1.82) is 0 Å². The maximum absolute atomic E-state index is 9.10. The number of aliphatic hydroxyl groups excluding tert-OH is 2. The van der Waals surface area contributed by atoms with E-state index in [1.165, 1.54) is 193 Å². The molecule has 0 saturated carbocycles. The zero-order valence-corrected chi connectivity index (χ0v) is 30.7. The summed E-state index contributed by atoms with van der Waals surface area (Å²) in [4.78, 5) is 0. The van der Waals surface area contributed by atoms with Crippen LogP contribution in [-0.2, 0) is 0 Å². The van der Waals surface area contributed by atoms with E-state index in [9.17, 15) is 0 Å². The third-order valence-electron chi connectivity index (χ3n) is 8.41. The Morgan fingerprint density at radius 2 is 0.405 bits per heavy atom. The van der Waals surface area contributed by atoms with Crippen molar-refractivity contribution >= 4 is 0 Å². The minimum Gasteiger partial charge on any atom is -0.393 e. The topological polar surface area (TPSA) is 40.5 Å². The monoisotopic (exact) mass is 599 g/mol. The first-order valence-electron chi connectivity index (χ1n) is 19.8. The second kappa shape index (κ2) is 45.4. The van der Waals surface area contributed by atoms with Crippen molar-refractivity contribution in [2.75, 3.05) is 0 Å². The average molecular weight is 599 g/mol. The van der Waals surface area contributed by atoms with E-state index in [-0.39, 0.29) is 12.2 Å². The van der Waals surface area contributed by atoms with Crippen LogP contribution in [0.5, 0.6) is 0 Å². The van der Waals surface area contributed by atoms with E-state index in [4.69, 9.17) is 10.2 Å². The molecule has 0 rings (SSSR count). The average Bonchev–Trinajstić information content (AvgIpc) is 2.97. The van der Waals surface area contributed by atoms with Crippen LogP contribution in [-0.4, -0.2) is 22.4 Å². The molecular weight excluding hydrogens is 512 g/mol. The molecule has 42 heavy (non-hydrogen) atoms. The van der Waals surface area contributed by atoms with Gasteiger partial charge in [0.15, 0.2) is 0 Å². The zero-order chi connectivity index (χ0) is 31.8. The van der Waals surface area contributed by atoms with Gasteiger partial charge in [-0.1, -0.05) is 220 Å². The lowest BCUT2D eigenvalue weighted by molar-refractivity contribution is 0.180. The minimum absolute atomic E-state index is 0.0986. The molecule has 0 amide bonds. The lowest BCUT2D eigenvalue weighted by Crippen LogP contribution is -1.98. The third kappa shape index (κ3) is 55.8. The predicted molar refractivity (Wildman–Crippen MR) is 194 cm³/mol. The number of unbranched alkanes of at least 4 members (excludes halogenated alkanes) is 27. The van der Waals surface area contributed by atoms with Crippen LogP contribution in [0.25, 0.3) is 0 Å². The first kappa shape index (κ1) is 46.3. The number of hydrogen-bond donors (Lipinski definition) is 2. The van der Waals surface area contributed by atoms with Gasteiger partial charge in [-0.15, -0.1) is 0 Å². The third-order valence-corrected chi connectivity index (χ3v) is 8.41. The van der Waals surface area contributed by atoms with Gasteiger partial charge in [0.1, 0.15) is 0 Å². The lowest BCUT2D eigenvalue weighted by Gasteiger charge is -2.04. The molecule has 2 heteroatoms. The quantitative estimate of drug-likeness (QED) is 0.0779. The fourth-order valence-electron chi connectivity index (χ4n) is 5.42. The Bertz CT molecular complexity index is 368. The van der Waals surface area contributed by atoms with E-state index >= 15 is 0 Å². The van der Waals surface area contributed by atoms with Gasteiger partial charge in [-0.2, -0.15) is 0 Å². The largest absolute Gasteiger partial charge is 0.393 e. The van der Waals surface area contributed by atoms with Crippen molar-refractivity contribution in [1.82, 2.24) is 0 Å². The molecule has 0 aromatic carbocycles. The molecule has 258 valence electrons. The van der Waals surface area contributed by atoms with Crippen molar-refractivity contribution in [2.24, 2.45) is 0 Å². The van der Waals surface area contributed by atoms with Crippen molar-refractivity contribution < 1.29 is 10.2 Å². The summed E-state index contributed by atoms with van der Waals surface area (Å²) in [6.07, 6.45) is 43.6. The number of hydrogen-bond acceptors (Lipinski definition) is 2. The van der Waals surface area contributed by atoms with E-state index in [0.717, 1.165) is 12.8 Å². The molecular formula is C40H86O2. The van der Waals surface area contributed by atoms with Crippen LogP contribution in [0.1, 0.15) is 247 Å². The van der Waals surface area contributed by atoms with Gasteiger partial charge < -0.3 is 10.2 Å². The SMILES string of the molecule is CCCCCCCCCC.CCCCCCCCCCCCCC(C)O.CCCCCCCCCCCCCC(C)O. The Morgan fingerprint density at radius 3 is 0.548 bits per heavy atom. The minimum atomic E-state index is -0.0986. The standard InChI is InChI=1S/2C15H32O.C10H22/c2*1-3-4-5-6-7-8-9-10-11-12-13-14-15(2)16;1-3-5-7-9-10-8-6-4-2/h2*15-16H,3-14H2,1-2H3;3-10H2,1-2H3. The highest BCUT2D eigenvalue weighted by atomic mass is 16.3. The Kier molecular flexibility index (Phi) is 50.0. The van der Waals surface area contributed by atoms with Crippen LogP contribution >= 0.6 is 0 Å². The Morgan fingerprint density at radius 1 is 0.262 bits per heavy atom. The van der Waals surface area contributed by atoms with E-state index in [0.29, 0.717) is 0 Å². The summed E-state index contributed by atoms with van der Waals surface area (Å²) in [5.74, 6) is 0. The molecule has 2 atom stereocenters. The lowest BCUT2D eigenvalue weighted by atomic mass is 10.0. The highest BCUT2D eigenvalue weighted by Crippen LogP contribution is 2.13. The van der Waals surface area contributed by atoms with E-state index in [2.05, 4.69) is 27.7 Å². The Labute approximate surface area is 269 Å². The van der Waals surface area contributed by atoms with E-state index in [1.807, 2.05) is 13.8 Å². The summed E-state index contributed by atoms with van der Waals surface area (Å²) in [6.45, 7) is 12.9. The van der Waals surface area contributed by atoms with Gasteiger partial charge in [0.25, 0.3) is 0 Å². The molecule has 0 spiro atoms. The van der Waals surface area contributed by atoms with E-state index < -0.39 is 0 Å². The predicted octanol–water partition coefficient (Wildman–Crippen LogP) is 14.3. The number of rotatable bonds is 31. The second-order valence-electron chi connectivity index (χ2n) is 13.5. The fraction of sp³-hybridized carbons (Fsp3) is 1.00. The maximum Gasteiger partial charge on any atom is 0.0512 e. The van der Waals surface area contributed by atoms with Gasteiger partial charge in [0.05, 0.1) is 12.2 Å². The molecule has 0 bridgehead atoms. The van der Waals surface area contributed by atoms with Crippen LogP contribution < -0.4 is 0 Å². The van der Waals surface area contributed by atoms with Crippen LogP contribution in [0, 0.1) is 0 Å². The Hall–Kier alpha value is -0.0800. The van der Waals surface area contributed by atoms with Crippen molar-refractivity contribution in [3.8, 4) is 0 Å². The van der Waals surface area contributed by atoms with Gasteiger partial charge in [-0.05, 0) is 26.7 Å². The van der Waals surface area contributed by atoms with Crippen molar-refractivity contribution in [3.05, 3.63) is 0 Å². The van der Waals surface area contributed by atoms with Crippen LogP contribution in [0.3, 0.4) is 0 Å². The normalized spacial score (nSPS) is 12.3. The molecule has 0 saturated heterocycles. The van der Waals surface area contributed by atoms with E-state index in [1.54, 1.807) is 0 Å². The van der Waals surface area contributed by atoms with Gasteiger partial charge in [0.2, 0.25) is 0 Å². The molecule has 0 aromatic rings. The first-order valence-corrected chi connectivity index (χ1v) is 19.8. The maximum atomic E-state index is 9.10. The molecule has 0 aliphatic heterocycles. The second-order valence-corrected chi connectivity index (χ2v) is 13.5. The molecule has 0 heterocycles. The van der Waals surface area contributed by atoms with Gasteiger partial charge in [-0.25, -0.2) is 0 Å². The summed E-state index contributed by atoms with van der Waals surface area (Å²) in [7, 11) is 0. The van der Waals surface area contributed by atoms with Gasteiger partial charge in [0, 0.05) is 0 Å². The molecule has 0 aliphatic rings. The first-order chi connectivity index (χ1) is 20.5. The summed E-state index contributed by atoms with van der Waals surface area (Å²) in [5.41, 5.74) is 0. The molecule has 2 N–H and O–H groups in total.